The van der Waals surface area contributed by atoms with Crippen LogP contribution in [0.1, 0.15) is 22.9 Å². The molecule has 0 aromatic heterocycles. The van der Waals surface area contributed by atoms with Crippen molar-refractivity contribution in [2.24, 2.45) is 5.92 Å². The summed E-state index contributed by atoms with van der Waals surface area (Å²) in [6.07, 6.45) is 0.130. The quantitative estimate of drug-likeness (QED) is 0.700. The van der Waals surface area contributed by atoms with Crippen LogP contribution in [0.15, 0.2) is 48.5 Å². The van der Waals surface area contributed by atoms with E-state index in [1.54, 1.807) is 11.9 Å². The molecule has 0 bridgehead atoms. The number of amides is 4. The Morgan fingerprint density at radius 2 is 1.79 bits per heavy atom. The van der Waals surface area contributed by atoms with Crippen LogP contribution >= 0.6 is 11.8 Å². The van der Waals surface area contributed by atoms with Crippen molar-refractivity contribution in [3.8, 4) is 0 Å². The molecule has 8 nitrogen and oxygen atoms in total. The van der Waals surface area contributed by atoms with Crippen molar-refractivity contribution in [2.75, 3.05) is 31.3 Å². The summed E-state index contributed by atoms with van der Waals surface area (Å²) in [6.45, 7) is 2.71. The summed E-state index contributed by atoms with van der Waals surface area (Å²) in [5.41, 5.74) is 4.32. The summed E-state index contributed by atoms with van der Waals surface area (Å²) in [5.74, 6) is -0.491. The molecule has 5 rings (SSSR count). The lowest BCUT2D eigenvalue weighted by Gasteiger charge is -2.50. The Bertz CT molecular complexity index is 1140. The van der Waals surface area contributed by atoms with Crippen LogP contribution in [-0.2, 0) is 16.0 Å². The number of urea groups is 1. The topological polar surface area (TPSA) is 85.0 Å². The molecule has 9 heteroatoms. The van der Waals surface area contributed by atoms with Crippen LogP contribution in [0.25, 0.3) is 0 Å². The average molecular weight is 480 g/mol. The van der Waals surface area contributed by atoms with E-state index < -0.39 is 12.1 Å². The van der Waals surface area contributed by atoms with Crippen molar-refractivity contribution >= 4 is 35.3 Å². The number of para-hydroxylation sites is 1. The lowest BCUT2D eigenvalue weighted by Crippen LogP contribution is -2.72. The Morgan fingerprint density at radius 3 is 2.59 bits per heavy atom. The molecule has 2 aromatic rings. The Balaban J connectivity index is 1.39. The zero-order valence-electron chi connectivity index (χ0n) is 19.5. The van der Waals surface area contributed by atoms with E-state index in [1.807, 2.05) is 54.3 Å². The van der Waals surface area contributed by atoms with Gasteiger partial charge in [-0.25, -0.2) is 4.79 Å². The maximum absolute atomic E-state index is 13.2. The highest BCUT2D eigenvalue weighted by molar-refractivity contribution is 8.00. The number of nitrogens with zero attached hydrogens (tertiary/aromatic N) is 3. The first-order valence-corrected chi connectivity index (χ1v) is 12.5. The van der Waals surface area contributed by atoms with E-state index in [0.717, 1.165) is 23.2 Å². The second kappa shape index (κ2) is 9.05. The van der Waals surface area contributed by atoms with Crippen LogP contribution in [0.5, 0.6) is 0 Å². The predicted molar refractivity (Wildman–Crippen MR) is 132 cm³/mol. The molecule has 0 aliphatic carbocycles. The lowest BCUT2D eigenvalue weighted by molar-refractivity contribution is -0.140. The second-order valence-corrected chi connectivity index (χ2v) is 10.2. The zero-order chi connectivity index (χ0) is 24.0. The fraction of sp³-hybridized carbons (Fsp3) is 0.400. The van der Waals surface area contributed by atoms with Crippen LogP contribution in [0.2, 0.25) is 0 Å². The number of fused-ring (bicyclic) bond motifs is 2. The molecule has 3 aliphatic rings. The van der Waals surface area contributed by atoms with Gasteiger partial charge in [-0.3, -0.25) is 25.1 Å². The standard InChI is InChI=1S/C25H29N5O3S/c1-15-8-4-6-10-17(15)21-26-22-20(24(32)29(3)25(33)28(22)2)23(27-21)34-14-19(31)30-13-12-16-9-5-7-11-18(16)30/h4-11,20-23,26-27H,12-14H2,1-3H3. The van der Waals surface area contributed by atoms with Gasteiger partial charge in [-0.15, -0.1) is 11.8 Å². The first kappa shape index (κ1) is 22.9. The molecule has 0 saturated carbocycles. The third-order valence-electron chi connectivity index (χ3n) is 7.03. The monoisotopic (exact) mass is 479 g/mol. The molecule has 0 radical (unpaired) electrons. The fourth-order valence-electron chi connectivity index (χ4n) is 5.13. The smallest absolute Gasteiger partial charge is 0.311 e. The van der Waals surface area contributed by atoms with Crippen LogP contribution in [0, 0.1) is 12.8 Å². The molecule has 3 aliphatic heterocycles. The normalized spacial score (nSPS) is 26.5. The molecular weight excluding hydrogens is 450 g/mol. The SMILES string of the molecule is Cc1ccccc1C1NC(SCC(=O)N2CCc3ccccc32)C2C(=O)N(C)C(=O)N(C)C2N1. The summed E-state index contributed by atoms with van der Waals surface area (Å²) < 4.78 is 0. The minimum absolute atomic E-state index is 0.0281. The molecule has 2 saturated heterocycles. The molecule has 2 N–H and O–H groups in total. The molecule has 178 valence electrons. The molecular formula is C25H29N5O3S. The minimum Gasteiger partial charge on any atom is -0.311 e. The largest absolute Gasteiger partial charge is 0.327 e. The number of carbonyl (C=O) groups is 3. The van der Waals surface area contributed by atoms with Gasteiger partial charge in [0.2, 0.25) is 11.8 Å². The van der Waals surface area contributed by atoms with Crippen molar-refractivity contribution in [3.05, 3.63) is 65.2 Å². The van der Waals surface area contributed by atoms with Crippen LogP contribution < -0.4 is 15.5 Å². The molecule has 0 spiro atoms. The maximum atomic E-state index is 13.2. The van der Waals surface area contributed by atoms with Crippen LogP contribution in [-0.4, -0.2) is 65.6 Å². The predicted octanol–water partition coefficient (Wildman–Crippen LogP) is 2.30. The van der Waals surface area contributed by atoms with Gasteiger partial charge in [0.1, 0.15) is 0 Å². The van der Waals surface area contributed by atoms with Crippen LogP contribution in [0.3, 0.4) is 0 Å². The number of rotatable bonds is 4. The molecule has 2 fully saturated rings. The van der Waals surface area contributed by atoms with Gasteiger partial charge in [0.15, 0.2) is 0 Å². The van der Waals surface area contributed by atoms with E-state index in [9.17, 15) is 14.4 Å². The molecule has 4 atom stereocenters. The fourth-order valence-corrected chi connectivity index (χ4v) is 6.31. The molecule has 4 unspecified atom stereocenters. The third kappa shape index (κ3) is 3.87. The zero-order valence-corrected chi connectivity index (χ0v) is 20.3. The first-order chi connectivity index (χ1) is 16.4. The number of aryl methyl sites for hydroxylation is 1. The van der Waals surface area contributed by atoms with E-state index in [-0.39, 0.29) is 35.1 Å². The summed E-state index contributed by atoms with van der Waals surface area (Å²) in [7, 11) is 3.23. The molecule has 34 heavy (non-hydrogen) atoms. The molecule has 4 amide bonds. The number of hydrogen-bond acceptors (Lipinski definition) is 6. The number of anilines is 1. The number of benzene rings is 2. The van der Waals surface area contributed by atoms with Gasteiger partial charge in [-0.1, -0.05) is 42.5 Å². The lowest BCUT2D eigenvalue weighted by atomic mass is 9.95. The van der Waals surface area contributed by atoms with Crippen molar-refractivity contribution in [3.63, 3.8) is 0 Å². The van der Waals surface area contributed by atoms with Gasteiger partial charge in [0, 0.05) is 26.3 Å². The highest BCUT2D eigenvalue weighted by Gasteiger charge is 2.51. The average Bonchev–Trinajstić information content (AvgIpc) is 3.29. The van der Waals surface area contributed by atoms with E-state index in [2.05, 4.69) is 16.7 Å². The number of hydrogen-bond donors (Lipinski definition) is 2. The van der Waals surface area contributed by atoms with Gasteiger partial charge in [0.25, 0.3) is 0 Å². The summed E-state index contributed by atoms with van der Waals surface area (Å²) in [5, 5.41) is 6.68. The Morgan fingerprint density at radius 1 is 1.06 bits per heavy atom. The van der Waals surface area contributed by atoms with Crippen molar-refractivity contribution in [1.82, 2.24) is 20.4 Å². The van der Waals surface area contributed by atoms with Crippen molar-refractivity contribution in [1.29, 1.82) is 0 Å². The van der Waals surface area contributed by atoms with Crippen molar-refractivity contribution < 1.29 is 14.4 Å². The third-order valence-corrected chi connectivity index (χ3v) is 8.23. The number of carbonyl (C=O) groups excluding carboxylic acids is 3. The van der Waals surface area contributed by atoms with Gasteiger partial charge in [-0.05, 0) is 36.1 Å². The van der Waals surface area contributed by atoms with E-state index >= 15 is 0 Å². The Hall–Kier alpha value is -2.88. The van der Waals surface area contributed by atoms with Gasteiger partial charge in [0.05, 0.1) is 29.4 Å². The molecule has 2 aromatic carbocycles. The Kier molecular flexibility index (Phi) is 6.09. The second-order valence-electron chi connectivity index (χ2n) is 9.04. The highest BCUT2D eigenvalue weighted by atomic mass is 32.2. The van der Waals surface area contributed by atoms with Gasteiger partial charge >= 0.3 is 6.03 Å². The summed E-state index contributed by atoms with van der Waals surface area (Å²) >= 11 is 1.44. The number of imide groups is 1. The summed E-state index contributed by atoms with van der Waals surface area (Å²) in [6, 6.07) is 15.7. The number of nitrogens with one attached hydrogen (secondary N) is 2. The van der Waals surface area contributed by atoms with E-state index in [1.165, 1.54) is 29.3 Å². The van der Waals surface area contributed by atoms with E-state index in [4.69, 9.17) is 0 Å². The van der Waals surface area contributed by atoms with Gasteiger partial charge < -0.3 is 9.80 Å². The Labute approximate surface area is 203 Å². The summed E-state index contributed by atoms with van der Waals surface area (Å²) in [4.78, 5) is 43.6. The highest BCUT2D eigenvalue weighted by Crippen LogP contribution is 2.36. The van der Waals surface area contributed by atoms with Crippen LogP contribution in [0.4, 0.5) is 10.5 Å². The maximum Gasteiger partial charge on any atom is 0.327 e. The first-order valence-electron chi connectivity index (χ1n) is 11.5. The van der Waals surface area contributed by atoms with Crippen molar-refractivity contribution in [2.45, 2.75) is 31.0 Å². The van der Waals surface area contributed by atoms with Gasteiger partial charge in [-0.2, -0.15) is 0 Å². The number of thioether (sulfide) groups is 1. The minimum atomic E-state index is -0.517. The van der Waals surface area contributed by atoms with E-state index in [0.29, 0.717) is 6.54 Å². The molecule has 3 heterocycles.